The van der Waals surface area contributed by atoms with E-state index < -0.39 is 5.91 Å². The fraction of sp³-hybridized carbons (Fsp3) is 0.200. The highest BCUT2D eigenvalue weighted by Gasteiger charge is 2.27. The summed E-state index contributed by atoms with van der Waals surface area (Å²) in [7, 11) is 0. The summed E-state index contributed by atoms with van der Waals surface area (Å²) in [6.45, 7) is 3.73. The Kier molecular flexibility index (Phi) is 3.13. The van der Waals surface area contributed by atoms with Crippen LogP contribution in [-0.4, -0.2) is 22.7 Å². The number of allylic oxidation sites excluding steroid dienone is 3. The molecule has 0 saturated carbocycles. The minimum Gasteiger partial charge on any atom is -0.351 e. The van der Waals surface area contributed by atoms with Crippen molar-refractivity contribution in [2.75, 3.05) is 0 Å². The van der Waals surface area contributed by atoms with E-state index in [9.17, 15) is 9.59 Å². The summed E-state index contributed by atoms with van der Waals surface area (Å²) >= 11 is 0. The van der Waals surface area contributed by atoms with E-state index in [1.165, 1.54) is 12.3 Å². The molecule has 21 heavy (non-hydrogen) atoms. The molecule has 1 aromatic heterocycles. The lowest BCUT2D eigenvalue weighted by atomic mass is 9.85. The van der Waals surface area contributed by atoms with Crippen molar-refractivity contribution < 1.29 is 14.1 Å². The standard InChI is InChI=1S/C15H13N3O3/c1-8-9(2)14(19)18-12-7-10(3-4-11(8)12)17-15(20)13-5-6-16-21-13/h3-7,11H,1-2H3,(H,18,19). The normalized spacial score (nSPS) is 23.0. The van der Waals surface area contributed by atoms with Crippen molar-refractivity contribution in [2.45, 2.75) is 13.8 Å². The summed E-state index contributed by atoms with van der Waals surface area (Å²) in [6, 6.07) is 1.45. The van der Waals surface area contributed by atoms with E-state index in [1.54, 1.807) is 19.1 Å². The van der Waals surface area contributed by atoms with Crippen molar-refractivity contribution >= 4 is 17.5 Å². The summed E-state index contributed by atoms with van der Waals surface area (Å²) in [5.74, 6) is -0.516. The monoisotopic (exact) mass is 283 g/mol. The van der Waals surface area contributed by atoms with Gasteiger partial charge in [0.2, 0.25) is 5.76 Å². The lowest BCUT2D eigenvalue weighted by Crippen LogP contribution is -2.35. The van der Waals surface area contributed by atoms with Gasteiger partial charge in [0, 0.05) is 23.3 Å². The molecule has 0 spiro atoms. The first kappa shape index (κ1) is 13.2. The second-order valence-electron chi connectivity index (χ2n) is 4.92. The molecule has 0 fully saturated rings. The van der Waals surface area contributed by atoms with E-state index in [-0.39, 0.29) is 17.6 Å². The maximum absolute atomic E-state index is 11.8. The molecule has 1 unspecified atom stereocenters. The van der Waals surface area contributed by atoms with Crippen molar-refractivity contribution in [3.05, 3.63) is 53.1 Å². The lowest BCUT2D eigenvalue weighted by Gasteiger charge is -2.28. The molecule has 2 aliphatic rings. The van der Waals surface area contributed by atoms with Gasteiger partial charge in [-0.2, -0.15) is 0 Å². The van der Waals surface area contributed by atoms with Crippen LogP contribution in [0.25, 0.3) is 0 Å². The van der Waals surface area contributed by atoms with Crippen molar-refractivity contribution in [2.24, 2.45) is 10.9 Å². The van der Waals surface area contributed by atoms with Gasteiger partial charge in [-0.25, -0.2) is 4.99 Å². The van der Waals surface area contributed by atoms with E-state index in [4.69, 9.17) is 4.52 Å². The number of nitrogens with zero attached hydrogens (tertiary/aromatic N) is 2. The Morgan fingerprint density at radius 3 is 2.95 bits per heavy atom. The van der Waals surface area contributed by atoms with Crippen LogP contribution in [0, 0.1) is 5.92 Å². The molecule has 2 heterocycles. The van der Waals surface area contributed by atoms with Crippen LogP contribution in [0.4, 0.5) is 0 Å². The van der Waals surface area contributed by atoms with Crippen LogP contribution in [-0.2, 0) is 4.79 Å². The first-order chi connectivity index (χ1) is 10.1. The van der Waals surface area contributed by atoms with Gasteiger partial charge in [-0.05, 0) is 26.0 Å². The van der Waals surface area contributed by atoms with E-state index in [1.807, 2.05) is 13.0 Å². The number of fused-ring (bicyclic) bond motifs is 1. The van der Waals surface area contributed by atoms with Crippen molar-refractivity contribution in [3.63, 3.8) is 0 Å². The van der Waals surface area contributed by atoms with Crippen LogP contribution < -0.4 is 5.32 Å². The number of hydrogen-bond acceptors (Lipinski definition) is 4. The second-order valence-corrected chi connectivity index (χ2v) is 4.92. The third kappa shape index (κ3) is 2.35. The third-order valence-corrected chi connectivity index (χ3v) is 3.63. The predicted molar refractivity (Wildman–Crippen MR) is 75.5 cm³/mol. The fourth-order valence-electron chi connectivity index (χ4n) is 2.29. The molecule has 1 aliphatic heterocycles. The van der Waals surface area contributed by atoms with Crippen molar-refractivity contribution in [1.82, 2.24) is 10.5 Å². The molecule has 0 bridgehead atoms. The van der Waals surface area contributed by atoms with Gasteiger partial charge in [-0.15, -0.1) is 0 Å². The highest BCUT2D eigenvalue weighted by Crippen LogP contribution is 2.29. The van der Waals surface area contributed by atoms with Gasteiger partial charge in [0.15, 0.2) is 0 Å². The van der Waals surface area contributed by atoms with Gasteiger partial charge >= 0.3 is 5.91 Å². The Morgan fingerprint density at radius 1 is 1.43 bits per heavy atom. The summed E-state index contributed by atoms with van der Waals surface area (Å²) in [5.41, 5.74) is 2.92. The maximum atomic E-state index is 11.8. The highest BCUT2D eigenvalue weighted by atomic mass is 16.5. The molecular weight excluding hydrogens is 270 g/mol. The van der Waals surface area contributed by atoms with E-state index in [0.29, 0.717) is 5.71 Å². The zero-order chi connectivity index (χ0) is 15.0. The van der Waals surface area contributed by atoms with Gasteiger partial charge in [0.25, 0.3) is 5.91 Å². The molecule has 2 amide bonds. The lowest BCUT2D eigenvalue weighted by molar-refractivity contribution is -0.117. The van der Waals surface area contributed by atoms with E-state index >= 15 is 0 Å². The summed E-state index contributed by atoms with van der Waals surface area (Å²) in [6.07, 6.45) is 6.76. The minimum absolute atomic E-state index is 0.0297. The Labute approximate surface area is 120 Å². The van der Waals surface area contributed by atoms with Crippen LogP contribution >= 0.6 is 0 Å². The Balaban J connectivity index is 1.90. The number of rotatable bonds is 1. The van der Waals surface area contributed by atoms with Gasteiger partial charge in [-0.3, -0.25) is 9.59 Å². The minimum atomic E-state index is -0.506. The number of carbonyl (C=O) groups is 2. The quantitative estimate of drug-likeness (QED) is 0.851. The second kappa shape index (κ2) is 4.97. The average molecular weight is 283 g/mol. The Hall–Kier alpha value is -2.76. The molecule has 0 saturated heterocycles. The molecule has 1 aliphatic carbocycles. The maximum Gasteiger partial charge on any atom is 0.316 e. The van der Waals surface area contributed by atoms with Crippen LogP contribution in [0.3, 0.4) is 0 Å². The molecule has 1 aromatic rings. The first-order valence-electron chi connectivity index (χ1n) is 6.48. The number of amides is 2. The van der Waals surface area contributed by atoms with Crippen molar-refractivity contribution in [1.29, 1.82) is 0 Å². The van der Waals surface area contributed by atoms with E-state index in [0.717, 1.165) is 16.8 Å². The van der Waals surface area contributed by atoms with Crippen molar-refractivity contribution in [3.8, 4) is 0 Å². The molecule has 0 aromatic carbocycles. The fourth-order valence-corrected chi connectivity index (χ4v) is 2.29. The topological polar surface area (TPSA) is 84.6 Å². The van der Waals surface area contributed by atoms with Gasteiger partial charge in [0.05, 0.1) is 11.9 Å². The number of nitrogens with one attached hydrogen (secondary N) is 1. The van der Waals surface area contributed by atoms with Gasteiger partial charge in [0.1, 0.15) is 0 Å². The molecule has 106 valence electrons. The number of aromatic nitrogens is 1. The summed E-state index contributed by atoms with van der Waals surface area (Å²) in [4.78, 5) is 27.6. The Morgan fingerprint density at radius 2 is 2.24 bits per heavy atom. The third-order valence-electron chi connectivity index (χ3n) is 3.63. The number of aliphatic imine (C=N–C) groups is 1. The molecule has 1 N–H and O–H groups in total. The summed E-state index contributed by atoms with van der Waals surface area (Å²) < 4.78 is 4.76. The zero-order valence-electron chi connectivity index (χ0n) is 11.6. The predicted octanol–water partition coefficient (Wildman–Crippen LogP) is 1.79. The molecular formula is C15H13N3O3. The van der Waals surface area contributed by atoms with Crippen LogP contribution in [0.1, 0.15) is 24.4 Å². The van der Waals surface area contributed by atoms with Crippen LogP contribution in [0.5, 0.6) is 0 Å². The van der Waals surface area contributed by atoms with Gasteiger partial charge < -0.3 is 9.84 Å². The first-order valence-corrected chi connectivity index (χ1v) is 6.48. The Bertz CT molecular complexity index is 736. The van der Waals surface area contributed by atoms with Gasteiger partial charge in [-0.1, -0.05) is 16.8 Å². The number of hydrogen-bond donors (Lipinski definition) is 1. The SMILES string of the molecule is CC1=C(C)C2C=CC(=NC(=O)c3ccno3)C=C2NC1=O. The number of carbonyl (C=O) groups excluding carboxylic acids is 2. The van der Waals surface area contributed by atoms with Crippen LogP contribution in [0.2, 0.25) is 0 Å². The van der Waals surface area contributed by atoms with Crippen LogP contribution in [0.15, 0.2) is 56.9 Å². The smallest absolute Gasteiger partial charge is 0.316 e. The molecule has 6 nitrogen and oxygen atoms in total. The zero-order valence-corrected chi connectivity index (χ0v) is 11.6. The largest absolute Gasteiger partial charge is 0.351 e. The molecule has 1 atom stereocenters. The molecule has 0 radical (unpaired) electrons. The molecule has 6 heteroatoms. The highest BCUT2D eigenvalue weighted by molar-refractivity contribution is 6.13. The van der Waals surface area contributed by atoms with E-state index in [2.05, 4.69) is 15.5 Å². The summed E-state index contributed by atoms with van der Waals surface area (Å²) in [5, 5.41) is 6.29. The average Bonchev–Trinajstić information content (AvgIpc) is 2.99. The molecule has 3 rings (SSSR count).